The largest absolute Gasteiger partial charge is 0.454 e. The molecular formula is C28H26N2O4. The van der Waals surface area contributed by atoms with Gasteiger partial charge in [-0.15, -0.1) is 0 Å². The topological polar surface area (TPSA) is 63.8 Å². The fraction of sp³-hybridized carbons (Fsp3) is 0.250. The van der Waals surface area contributed by atoms with Gasteiger partial charge >= 0.3 is 5.97 Å². The zero-order valence-electron chi connectivity index (χ0n) is 19.6. The van der Waals surface area contributed by atoms with E-state index in [1.54, 1.807) is 0 Å². The molecule has 0 amide bonds. The van der Waals surface area contributed by atoms with Crippen LogP contribution in [0.1, 0.15) is 52.5 Å². The average Bonchev–Trinajstić information content (AvgIpc) is 3.53. The van der Waals surface area contributed by atoms with E-state index in [1.165, 1.54) is 0 Å². The Morgan fingerprint density at radius 1 is 0.971 bits per heavy atom. The van der Waals surface area contributed by atoms with E-state index in [-0.39, 0.29) is 18.7 Å². The van der Waals surface area contributed by atoms with Crippen LogP contribution in [0, 0.1) is 0 Å². The van der Waals surface area contributed by atoms with Crippen LogP contribution >= 0.6 is 0 Å². The summed E-state index contributed by atoms with van der Waals surface area (Å²) < 4.78 is 17.7. The maximum atomic E-state index is 13.5. The molecule has 6 heteroatoms. The summed E-state index contributed by atoms with van der Waals surface area (Å²) in [6.07, 6.45) is 0. The van der Waals surface area contributed by atoms with Gasteiger partial charge in [0.2, 0.25) is 6.79 Å². The van der Waals surface area contributed by atoms with Crippen LogP contribution in [0.2, 0.25) is 0 Å². The Morgan fingerprint density at radius 3 is 2.56 bits per heavy atom. The lowest BCUT2D eigenvalue weighted by atomic mass is 9.77. The second-order valence-electron chi connectivity index (χ2n) is 9.38. The summed E-state index contributed by atoms with van der Waals surface area (Å²) in [5.41, 5.74) is 5.05. The minimum atomic E-state index is -1.13. The molecule has 4 aromatic rings. The van der Waals surface area contributed by atoms with Crippen LogP contribution in [0.25, 0.3) is 10.9 Å². The summed E-state index contributed by atoms with van der Waals surface area (Å²) in [7, 11) is 3.92. The highest BCUT2D eigenvalue weighted by atomic mass is 16.7. The molecule has 0 aliphatic carbocycles. The highest BCUT2D eigenvalue weighted by Crippen LogP contribution is 2.53. The van der Waals surface area contributed by atoms with Crippen molar-refractivity contribution >= 4 is 22.6 Å². The van der Waals surface area contributed by atoms with E-state index in [0.29, 0.717) is 17.1 Å². The lowest BCUT2D eigenvalue weighted by Crippen LogP contribution is -2.31. The molecule has 1 atom stereocenters. The molecule has 0 spiro atoms. The van der Waals surface area contributed by atoms with E-state index in [2.05, 4.69) is 31.0 Å². The number of nitrogens with one attached hydrogen (secondary N) is 1. The van der Waals surface area contributed by atoms with Crippen LogP contribution in [-0.4, -0.2) is 31.8 Å². The Labute approximate surface area is 198 Å². The number of carbonyl (C=O) groups excluding carboxylic acids is 1. The minimum absolute atomic E-state index is 0.178. The number of rotatable bonds is 4. The fourth-order valence-corrected chi connectivity index (χ4v) is 5.17. The monoisotopic (exact) mass is 454 g/mol. The molecule has 1 N–H and O–H groups in total. The van der Waals surface area contributed by atoms with Crippen LogP contribution < -0.4 is 14.4 Å². The van der Waals surface area contributed by atoms with E-state index in [1.807, 2.05) is 67.5 Å². The number of H-pyrrole nitrogens is 1. The number of aromatic amines is 1. The van der Waals surface area contributed by atoms with Gasteiger partial charge in [0, 0.05) is 53.1 Å². The van der Waals surface area contributed by atoms with Crippen molar-refractivity contribution in [2.45, 2.75) is 25.4 Å². The number of aromatic nitrogens is 1. The number of nitrogens with zero attached hydrogens (tertiary/aromatic N) is 1. The number of carbonyl (C=O) groups is 1. The van der Waals surface area contributed by atoms with Gasteiger partial charge in [-0.3, -0.25) is 0 Å². The van der Waals surface area contributed by atoms with Gasteiger partial charge in [-0.05, 0) is 36.2 Å². The number of para-hydroxylation sites is 1. The van der Waals surface area contributed by atoms with Crippen molar-refractivity contribution in [3.05, 3.63) is 88.6 Å². The molecule has 172 valence electrons. The lowest BCUT2D eigenvalue weighted by molar-refractivity contribution is 0.0252. The Hall–Kier alpha value is -3.93. The molecule has 0 saturated carbocycles. The number of esters is 1. The molecule has 1 unspecified atom stereocenters. The van der Waals surface area contributed by atoms with Gasteiger partial charge in [0.15, 0.2) is 17.1 Å². The Morgan fingerprint density at radius 2 is 1.76 bits per heavy atom. The molecule has 0 bridgehead atoms. The second kappa shape index (κ2) is 7.29. The molecule has 3 heterocycles. The van der Waals surface area contributed by atoms with E-state index >= 15 is 0 Å². The van der Waals surface area contributed by atoms with Crippen molar-refractivity contribution in [2.75, 3.05) is 25.8 Å². The predicted molar refractivity (Wildman–Crippen MR) is 131 cm³/mol. The fourth-order valence-electron chi connectivity index (χ4n) is 5.17. The SMILES string of the molecule is CC(C)c1[nH]c2ccccc2c1C1(c2ccc3c(c2)OCO3)OC(=O)c2cc(N(C)C)ccc21. The maximum Gasteiger partial charge on any atom is 0.340 e. The highest BCUT2D eigenvalue weighted by Gasteiger charge is 2.51. The van der Waals surface area contributed by atoms with E-state index < -0.39 is 5.60 Å². The third-order valence-electron chi connectivity index (χ3n) is 6.81. The Bertz CT molecular complexity index is 1450. The second-order valence-corrected chi connectivity index (χ2v) is 9.38. The van der Waals surface area contributed by atoms with E-state index in [0.717, 1.165) is 39.0 Å². The molecule has 0 saturated heterocycles. The molecule has 6 nitrogen and oxygen atoms in total. The van der Waals surface area contributed by atoms with E-state index in [4.69, 9.17) is 14.2 Å². The summed E-state index contributed by atoms with van der Waals surface area (Å²) in [5.74, 6) is 1.18. The summed E-state index contributed by atoms with van der Waals surface area (Å²) in [6.45, 7) is 4.47. The van der Waals surface area contributed by atoms with Crippen molar-refractivity contribution in [2.24, 2.45) is 0 Å². The van der Waals surface area contributed by atoms with Crippen molar-refractivity contribution in [1.29, 1.82) is 0 Å². The molecule has 3 aromatic carbocycles. The molecule has 6 rings (SSSR count). The number of hydrogen-bond donors (Lipinski definition) is 1. The molecule has 2 aliphatic heterocycles. The summed E-state index contributed by atoms with van der Waals surface area (Å²) in [4.78, 5) is 19.1. The number of cyclic esters (lactones) is 1. The van der Waals surface area contributed by atoms with Gasteiger partial charge in [-0.25, -0.2) is 4.79 Å². The predicted octanol–water partition coefficient (Wildman–Crippen LogP) is 5.55. The van der Waals surface area contributed by atoms with Gasteiger partial charge in [0.25, 0.3) is 0 Å². The van der Waals surface area contributed by atoms with Crippen LogP contribution in [0.5, 0.6) is 11.5 Å². The maximum absolute atomic E-state index is 13.5. The smallest absolute Gasteiger partial charge is 0.340 e. The quantitative estimate of drug-likeness (QED) is 0.410. The standard InChI is InChI=1S/C28H26N2O4/c1-16(2)26-25(19-7-5-6-8-22(19)29-26)28(17-9-12-23-24(13-17)33-15-32-23)21-11-10-18(30(3)4)14-20(21)27(31)34-28/h5-14,16,29H,15H2,1-4H3. The minimum Gasteiger partial charge on any atom is -0.454 e. The third-order valence-corrected chi connectivity index (χ3v) is 6.81. The van der Waals surface area contributed by atoms with Crippen LogP contribution in [-0.2, 0) is 10.3 Å². The molecular weight excluding hydrogens is 428 g/mol. The number of ether oxygens (including phenoxy) is 3. The number of anilines is 1. The van der Waals surface area contributed by atoms with Crippen molar-refractivity contribution in [1.82, 2.24) is 4.98 Å². The first-order valence-electron chi connectivity index (χ1n) is 11.5. The Balaban J connectivity index is 1.73. The molecule has 0 fully saturated rings. The summed E-state index contributed by atoms with van der Waals surface area (Å²) in [6, 6.07) is 19.9. The molecule has 2 aliphatic rings. The Kier molecular flexibility index (Phi) is 4.43. The molecule has 34 heavy (non-hydrogen) atoms. The van der Waals surface area contributed by atoms with Crippen molar-refractivity contribution < 1.29 is 19.0 Å². The molecule has 1 aromatic heterocycles. The van der Waals surface area contributed by atoms with Gasteiger partial charge in [0.05, 0.1) is 5.56 Å². The van der Waals surface area contributed by atoms with Gasteiger partial charge in [0.1, 0.15) is 0 Å². The lowest BCUT2D eigenvalue weighted by Gasteiger charge is -2.32. The number of fused-ring (bicyclic) bond motifs is 3. The zero-order valence-corrected chi connectivity index (χ0v) is 19.6. The average molecular weight is 455 g/mol. The molecule has 0 radical (unpaired) electrons. The first-order chi connectivity index (χ1) is 16.4. The first kappa shape index (κ1) is 20.7. The van der Waals surface area contributed by atoms with Crippen LogP contribution in [0.4, 0.5) is 5.69 Å². The van der Waals surface area contributed by atoms with Gasteiger partial charge in [-0.2, -0.15) is 0 Å². The number of benzene rings is 3. The number of hydrogen-bond acceptors (Lipinski definition) is 5. The van der Waals surface area contributed by atoms with Crippen LogP contribution in [0.3, 0.4) is 0 Å². The van der Waals surface area contributed by atoms with Gasteiger partial charge < -0.3 is 24.1 Å². The van der Waals surface area contributed by atoms with Crippen molar-refractivity contribution in [3.63, 3.8) is 0 Å². The normalized spacial score (nSPS) is 18.4. The third kappa shape index (κ3) is 2.78. The van der Waals surface area contributed by atoms with E-state index in [9.17, 15) is 4.79 Å². The van der Waals surface area contributed by atoms with Gasteiger partial charge in [-0.1, -0.05) is 44.2 Å². The summed E-state index contributed by atoms with van der Waals surface area (Å²) >= 11 is 0. The van der Waals surface area contributed by atoms with Crippen molar-refractivity contribution in [3.8, 4) is 11.5 Å². The highest BCUT2D eigenvalue weighted by molar-refractivity contribution is 5.99. The zero-order chi connectivity index (χ0) is 23.6. The summed E-state index contributed by atoms with van der Waals surface area (Å²) in [5, 5.41) is 1.03. The first-order valence-corrected chi connectivity index (χ1v) is 11.5. The van der Waals surface area contributed by atoms with Crippen LogP contribution in [0.15, 0.2) is 60.7 Å².